The molecule has 0 spiro atoms. The molecule has 0 atom stereocenters. The maximum absolute atomic E-state index is 4.67. The van der Waals surface area contributed by atoms with Gasteiger partial charge in [-0.15, -0.1) is 11.3 Å². The second kappa shape index (κ2) is 5.26. The van der Waals surface area contributed by atoms with Gasteiger partial charge in [0.15, 0.2) is 0 Å². The topological polar surface area (TPSA) is 12.9 Å². The zero-order chi connectivity index (χ0) is 11.4. The zero-order valence-corrected chi connectivity index (χ0v) is 10.6. The van der Waals surface area contributed by atoms with E-state index in [9.17, 15) is 0 Å². The van der Waals surface area contributed by atoms with E-state index < -0.39 is 0 Å². The Morgan fingerprint density at radius 2 is 1.94 bits per heavy atom. The van der Waals surface area contributed by atoms with Crippen molar-refractivity contribution in [3.05, 3.63) is 40.7 Å². The normalized spacial score (nSPS) is 10.9. The maximum atomic E-state index is 4.67. The SMILES string of the molecule is CC(C)CCc1nc(-c2ccccc2)cs1. The molecule has 1 aromatic heterocycles. The second-order valence-electron chi connectivity index (χ2n) is 4.43. The van der Waals surface area contributed by atoms with E-state index in [1.165, 1.54) is 17.0 Å². The lowest BCUT2D eigenvalue weighted by atomic mass is 10.1. The van der Waals surface area contributed by atoms with E-state index >= 15 is 0 Å². The Bertz CT molecular complexity index is 431. The highest BCUT2D eigenvalue weighted by molar-refractivity contribution is 7.09. The zero-order valence-electron chi connectivity index (χ0n) is 9.81. The van der Waals surface area contributed by atoms with Gasteiger partial charge < -0.3 is 0 Å². The van der Waals surface area contributed by atoms with E-state index in [0.29, 0.717) is 0 Å². The van der Waals surface area contributed by atoms with Crippen LogP contribution in [0.4, 0.5) is 0 Å². The predicted molar refractivity (Wildman–Crippen MR) is 70.7 cm³/mol. The Kier molecular flexibility index (Phi) is 3.73. The summed E-state index contributed by atoms with van der Waals surface area (Å²) in [7, 11) is 0. The first-order chi connectivity index (χ1) is 7.75. The van der Waals surface area contributed by atoms with Crippen LogP contribution in [0.15, 0.2) is 35.7 Å². The standard InChI is InChI=1S/C14H17NS/c1-11(2)8-9-14-15-13(10-16-14)12-6-4-3-5-7-12/h3-7,10-11H,8-9H2,1-2H3. The Hall–Kier alpha value is -1.15. The third-order valence-electron chi connectivity index (χ3n) is 2.56. The molecule has 84 valence electrons. The van der Waals surface area contributed by atoms with Crippen LogP contribution in [0.2, 0.25) is 0 Å². The number of nitrogens with zero attached hydrogens (tertiary/aromatic N) is 1. The van der Waals surface area contributed by atoms with Crippen LogP contribution in [0, 0.1) is 5.92 Å². The van der Waals surface area contributed by atoms with Crippen LogP contribution < -0.4 is 0 Å². The predicted octanol–water partition coefficient (Wildman–Crippen LogP) is 4.40. The highest BCUT2D eigenvalue weighted by Gasteiger charge is 2.04. The molecule has 0 bridgehead atoms. The van der Waals surface area contributed by atoms with E-state index in [1.807, 2.05) is 6.07 Å². The summed E-state index contributed by atoms with van der Waals surface area (Å²) in [6, 6.07) is 10.4. The van der Waals surface area contributed by atoms with Crippen molar-refractivity contribution in [2.24, 2.45) is 5.92 Å². The number of hydrogen-bond donors (Lipinski definition) is 0. The van der Waals surface area contributed by atoms with Crippen LogP contribution in [-0.2, 0) is 6.42 Å². The molecule has 0 aliphatic carbocycles. The van der Waals surface area contributed by atoms with Gasteiger partial charge in [-0.1, -0.05) is 44.2 Å². The highest BCUT2D eigenvalue weighted by Crippen LogP contribution is 2.22. The third kappa shape index (κ3) is 2.92. The van der Waals surface area contributed by atoms with Crippen molar-refractivity contribution in [3.63, 3.8) is 0 Å². The van der Waals surface area contributed by atoms with Crippen LogP contribution in [0.1, 0.15) is 25.3 Å². The quantitative estimate of drug-likeness (QED) is 0.760. The molecule has 2 heteroatoms. The summed E-state index contributed by atoms with van der Waals surface area (Å²) in [6.07, 6.45) is 2.33. The largest absolute Gasteiger partial charge is 0.241 e. The molecule has 0 N–H and O–H groups in total. The van der Waals surface area contributed by atoms with Crippen LogP contribution in [0.5, 0.6) is 0 Å². The lowest BCUT2D eigenvalue weighted by Crippen LogP contribution is -1.91. The van der Waals surface area contributed by atoms with Crippen LogP contribution in [-0.4, -0.2) is 4.98 Å². The fourth-order valence-corrected chi connectivity index (χ4v) is 2.40. The van der Waals surface area contributed by atoms with Crippen molar-refractivity contribution in [2.45, 2.75) is 26.7 Å². The van der Waals surface area contributed by atoms with Gasteiger partial charge in [0.1, 0.15) is 0 Å². The van der Waals surface area contributed by atoms with Gasteiger partial charge in [-0.25, -0.2) is 4.98 Å². The molecule has 2 aromatic rings. The number of benzene rings is 1. The molecule has 1 heterocycles. The minimum atomic E-state index is 0.754. The Labute approximate surface area is 101 Å². The summed E-state index contributed by atoms with van der Waals surface area (Å²) in [5, 5.41) is 3.41. The van der Waals surface area contributed by atoms with Gasteiger partial charge in [0.25, 0.3) is 0 Å². The van der Waals surface area contributed by atoms with Crippen molar-refractivity contribution in [2.75, 3.05) is 0 Å². The van der Waals surface area contributed by atoms with E-state index in [-0.39, 0.29) is 0 Å². The number of thiazole rings is 1. The van der Waals surface area contributed by atoms with Gasteiger partial charge in [-0.3, -0.25) is 0 Å². The van der Waals surface area contributed by atoms with Gasteiger partial charge in [0, 0.05) is 10.9 Å². The van der Waals surface area contributed by atoms with Gasteiger partial charge in [0.05, 0.1) is 10.7 Å². The van der Waals surface area contributed by atoms with Crippen molar-refractivity contribution >= 4 is 11.3 Å². The van der Waals surface area contributed by atoms with Gasteiger partial charge in [-0.2, -0.15) is 0 Å². The van der Waals surface area contributed by atoms with Crippen molar-refractivity contribution in [3.8, 4) is 11.3 Å². The smallest absolute Gasteiger partial charge is 0.0932 e. The summed E-state index contributed by atoms with van der Waals surface area (Å²) in [6.45, 7) is 4.51. The minimum absolute atomic E-state index is 0.754. The summed E-state index contributed by atoms with van der Waals surface area (Å²) in [4.78, 5) is 4.67. The van der Waals surface area contributed by atoms with E-state index in [0.717, 1.165) is 18.0 Å². The molecular formula is C14H17NS. The fraction of sp³-hybridized carbons (Fsp3) is 0.357. The second-order valence-corrected chi connectivity index (χ2v) is 5.37. The average molecular weight is 231 g/mol. The molecule has 2 rings (SSSR count). The fourth-order valence-electron chi connectivity index (χ4n) is 1.58. The molecule has 0 amide bonds. The highest BCUT2D eigenvalue weighted by atomic mass is 32.1. The molecule has 0 aliphatic rings. The molecular weight excluding hydrogens is 214 g/mol. The summed E-state index contributed by atoms with van der Waals surface area (Å²) >= 11 is 1.78. The lowest BCUT2D eigenvalue weighted by molar-refractivity contribution is 0.585. The van der Waals surface area contributed by atoms with Gasteiger partial charge in [0.2, 0.25) is 0 Å². The minimum Gasteiger partial charge on any atom is -0.241 e. The van der Waals surface area contributed by atoms with Crippen molar-refractivity contribution in [1.82, 2.24) is 4.98 Å². The first-order valence-corrected chi connectivity index (χ1v) is 6.63. The summed E-state index contributed by atoms with van der Waals surface area (Å²) in [5.41, 5.74) is 2.33. The molecule has 0 fully saturated rings. The van der Waals surface area contributed by atoms with Crippen molar-refractivity contribution in [1.29, 1.82) is 0 Å². The third-order valence-corrected chi connectivity index (χ3v) is 3.47. The number of hydrogen-bond acceptors (Lipinski definition) is 2. The average Bonchev–Trinajstić information content (AvgIpc) is 2.76. The Morgan fingerprint density at radius 1 is 1.19 bits per heavy atom. The van der Waals surface area contributed by atoms with Crippen LogP contribution in [0.25, 0.3) is 11.3 Å². The Balaban J connectivity index is 2.08. The van der Waals surface area contributed by atoms with Crippen LogP contribution in [0.3, 0.4) is 0 Å². The first kappa shape index (κ1) is 11.3. The number of rotatable bonds is 4. The number of aromatic nitrogens is 1. The van der Waals surface area contributed by atoms with E-state index in [4.69, 9.17) is 0 Å². The maximum Gasteiger partial charge on any atom is 0.0932 e. The monoisotopic (exact) mass is 231 g/mol. The number of aryl methyl sites for hydroxylation is 1. The summed E-state index contributed by atoms with van der Waals surface area (Å²) in [5.74, 6) is 0.754. The van der Waals surface area contributed by atoms with Crippen LogP contribution >= 0.6 is 11.3 Å². The molecule has 0 radical (unpaired) electrons. The van der Waals surface area contributed by atoms with E-state index in [2.05, 4.69) is 48.5 Å². The van der Waals surface area contributed by atoms with Crippen molar-refractivity contribution < 1.29 is 0 Å². The molecule has 0 aliphatic heterocycles. The van der Waals surface area contributed by atoms with Gasteiger partial charge in [-0.05, 0) is 18.8 Å². The molecule has 0 saturated heterocycles. The summed E-state index contributed by atoms with van der Waals surface area (Å²) < 4.78 is 0. The molecule has 0 saturated carbocycles. The first-order valence-electron chi connectivity index (χ1n) is 5.75. The Morgan fingerprint density at radius 3 is 2.62 bits per heavy atom. The lowest BCUT2D eigenvalue weighted by Gasteiger charge is -2.00. The molecule has 1 nitrogen and oxygen atoms in total. The molecule has 0 unspecified atom stereocenters. The van der Waals surface area contributed by atoms with Gasteiger partial charge >= 0.3 is 0 Å². The molecule has 1 aromatic carbocycles. The van der Waals surface area contributed by atoms with E-state index in [1.54, 1.807) is 11.3 Å². The molecule has 16 heavy (non-hydrogen) atoms.